The molecule has 1 heteroatoms. The molecule has 17 heavy (non-hydrogen) atoms. The van der Waals surface area contributed by atoms with Crippen LogP contribution < -0.4 is 5.32 Å². The van der Waals surface area contributed by atoms with Crippen molar-refractivity contribution in [3.8, 4) is 0 Å². The number of rotatable bonds is 1. The highest BCUT2D eigenvalue weighted by molar-refractivity contribution is 5.01. The van der Waals surface area contributed by atoms with Gasteiger partial charge in [0.25, 0.3) is 0 Å². The van der Waals surface area contributed by atoms with E-state index in [1.807, 2.05) is 0 Å². The van der Waals surface area contributed by atoms with E-state index >= 15 is 0 Å². The first-order valence-electron chi connectivity index (χ1n) is 8.06. The van der Waals surface area contributed by atoms with Crippen LogP contribution in [0.15, 0.2) is 0 Å². The molecule has 0 aromatic carbocycles. The summed E-state index contributed by atoms with van der Waals surface area (Å²) < 4.78 is 0. The number of nitrogens with one attached hydrogen (secondary N) is 1. The predicted molar refractivity (Wildman–Crippen MR) is 70.9 cm³/mol. The molecule has 1 nitrogen and oxygen atoms in total. The minimum Gasteiger partial charge on any atom is -0.313 e. The van der Waals surface area contributed by atoms with Crippen LogP contribution in [0.25, 0.3) is 0 Å². The molecular formula is C16H27N. The molecule has 1 aliphatic heterocycles. The van der Waals surface area contributed by atoms with Crippen molar-refractivity contribution >= 4 is 0 Å². The zero-order valence-electron chi connectivity index (χ0n) is 11.1. The largest absolute Gasteiger partial charge is 0.313 e. The van der Waals surface area contributed by atoms with Crippen molar-refractivity contribution in [2.75, 3.05) is 6.54 Å². The summed E-state index contributed by atoms with van der Waals surface area (Å²) in [5.74, 6) is 3.31. The Morgan fingerprint density at radius 2 is 1.53 bits per heavy atom. The molecule has 1 N–H and O–H groups in total. The lowest BCUT2D eigenvalue weighted by Crippen LogP contribution is -2.42. The Kier molecular flexibility index (Phi) is 2.54. The molecule has 1 unspecified atom stereocenters. The Morgan fingerprint density at radius 1 is 0.824 bits per heavy atom. The molecule has 5 fully saturated rings. The second-order valence-corrected chi connectivity index (χ2v) is 7.69. The maximum absolute atomic E-state index is 3.93. The maximum Gasteiger partial charge on any atom is 0.0101 e. The highest BCUT2D eigenvalue weighted by atomic mass is 15.0. The molecule has 1 spiro atoms. The van der Waals surface area contributed by atoms with Gasteiger partial charge in [0.1, 0.15) is 0 Å². The molecule has 0 aromatic rings. The molecule has 1 atom stereocenters. The molecule has 96 valence electrons. The van der Waals surface area contributed by atoms with E-state index in [0.717, 1.165) is 29.2 Å². The van der Waals surface area contributed by atoms with Crippen LogP contribution in [0.3, 0.4) is 0 Å². The Bertz CT molecular complexity index is 276. The number of hydrogen-bond acceptors (Lipinski definition) is 1. The summed E-state index contributed by atoms with van der Waals surface area (Å²) in [6, 6.07) is 0.902. The third-order valence-corrected chi connectivity index (χ3v) is 6.48. The lowest BCUT2D eigenvalue weighted by Gasteiger charge is -2.47. The number of fused-ring (bicyclic) bond motifs is 2. The molecule has 5 aliphatic rings. The molecule has 0 amide bonds. The van der Waals surface area contributed by atoms with Gasteiger partial charge in [-0.1, -0.05) is 19.3 Å². The quantitative estimate of drug-likeness (QED) is 0.727. The van der Waals surface area contributed by atoms with Crippen molar-refractivity contribution in [2.45, 2.75) is 70.3 Å². The van der Waals surface area contributed by atoms with Crippen LogP contribution in [-0.4, -0.2) is 12.6 Å². The smallest absolute Gasteiger partial charge is 0.0101 e. The normalized spacial score (nSPS) is 48.0. The molecular weight excluding hydrogens is 206 g/mol. The van der Waals surface area contributed by atoms with Crippen molar-refractivity contribution < 1.29 is 0 Å². The van der Waals surface area contributed by atoms with Gasteiger partial charge in [0.15, 0.2) is 0 Å². The van der Waals surface area contributed by atoms with Gasteiger partial charge in [-0.2, -0.15) is 0 Å². The zero-order chi connectivity index (χ0) is 11.3. The van der Waals surface area contributed by atoms with E-state index in [2.05, 4.69) is 5.32 Å². The van der Waals surface area contributed by atoms with Crippen molar-refractivity contribution in [3.63, 3.8) is 0 Å². The van der Waals surface area contributed by atoms with E-state index < -0.39 is 0 Å². The van der Waals surface area contributed by atoms with Crippen molar-refractivity contribution in [3.05, 3.63) is 0 Å². The summed E-state index contributed by atoms with van der Waals surface area (Å²) in [5.41, 5.74) is 0.741. The monoisotopic (exact) mass is 233 g/mol. The maximum atomic E-state index is 3.93. The van der Waals surface area contributed by atoms with Gasteiger partial charge < -0.3 is 5.32 Å². The van der Waals surface area contributed by atoms with Gasteiger partial charge in [-0.3, -0.25) is 0 Å². The fourth-order valence-corrected chi connectivity index (χ4v) is 5.51. The van der Waals surface area contributed by atoms with E-state index in [1.165, 1.54) is 45.1 Å². The van der Waals surface area contributed by atoms with Crippen LogP contribution in [0.5, 0.6) is 0 Å². The lowest BCUT2D eigenvalue weighted by atomic mass is 9.59. The summed E-state index contributed by atoms with van der Waals surface area (Å²) in [6.07, 6.45) is 15.4. The Hall–Kier alpha value is -0.0400. The zero-order valence-corrected chi connectivity index (χ0v) is 11.1. The second kappa shape index (κ2) is 3.98. The van der Waals surface area contributed by atoms with E-state index in [9.17, 15) is 0 Å². The first kappa shape index (κ1) is 10.8. The van der Waals surface area contributed by atoms with Gasteiger partial charge >= 0.3 is 0 Å². The van der Waals surface area contributed by atoms with Gasteiger partial charge in [-0.15, -0.1) is 0 Å². The molecule has 5 rings (SSSR count). The van der Waals surface area contributed by atoms with Crippen molar-refractivity contribution in [1.29, 1.82) is 0 Å². The molecule has 2 bridgehead atoms. The van der Waals surface area contributed by atoms with E-state index in [1.54, 1.807) is 25.7 Å². The molecule has 4 aliphatic carbocycles. The Balaban J connectivity index is 1.40. The third-order valence-electron chi connectivity index (χ3n) is 6.48. The topological polar surface area (TPSA) is 12.0 Å². The van der Waals surface area contributed by atoms with Gasteiger partial charge in [0, 0.05) is 12.6 Å². The van der Waals surface area contributed by atoms with E-state index in [4.69, 9.17) is 0 Å². The van der Waals surface area contributed by atoms with Crippen LogP contribution in [0.4, 0.5) is 0 Å². The molecule has 1 saturated heterocycles. The van der Waals surface area contributed by atoms with Gasteiger partial charge in [0.2, 0.25) is 0 Å². The van der Waals surface area contributed by atoms with Gasteiger partial charge in [0.05, 0.1) is 0 Å². The molecule has 4 saturated carbocycles. The number of hydrogen-bond donors (Lipinski definition) is 1. The average molecular weight is 233 g/mol. The summed E-state index contributed by atoms with van der Waals surface area (Å²) in [6.45, 7) is 1.35. The standard InChI is InChI=1S/C16H27N/c1-2-4-16(5-3-1)10-15(17-11-16)14-8-12-6-13(7-12)9-14/h12-15,17H,1-11H2. The van der Waals surface area contributed by atoms with Crippen molar-refractivity contribution in [2.24, 2.45) is 23.2 Å². The minimum atomic E-state index is 0.741. The predicted octanol–water partition coefficient (Wildman–Crippen LogP) is 3.74. The first-order chi connectivity index (χ1) is 8.33. The SMILES string of the molecule is C1CCC2(CC1)CNC(C1CC3CC(C3)C1)C2. The van der Waals surface area contributed by atoms with E-state index in [0.29, 0.717) is 0 Å². The fourth-order valence-electron chi connectivity index (χ4n) is 5.51. The summed E-state index contributed by atoms with van der Waals surface area (Å²) in [7, 11) is 0. The summed E-state index contributed by atoms with van der Waals surface area (Å²) in [5, 5.41) is 3.93. The molecule has 0 radical (unpaired) electrons. The molecule has 0 aromatic heterocycles. The second-order valence-electron chi connectivity index (χ2n) is 7.69. The lowest BCUT2D eigenvalue weighted by molar-refractivity contribution is 0.0495. The van der Waals surface area contributed by atoms with Crippen LogP contribution in [-0.2, 0) is 0 Å². The highest BCUT2D eigenvalue weighted by Gasteiger charge is 2.46. The first-order valence-corrected chi connectivity index (χ1v) is 8.06. The van der Waals surface area contributed by atoms with Crippen LogP contribution in [0.1, 0.15) is 64.2 Å². The summed E-state index contributed by atoms with van der Waals surface area (Å²) >= 11 is 0. The Labute approximate surface area is 106 Å². The minimum absolute atomic E-state index is 0.741. The Morgan fingerprint density at radius 3 is 2.24 bits per heavy atom. The summed E-state index contributed by atoms with van der Waals surface area (Å²) in [4.78, 5) is 0. The van der Waals surface area contributed by atoms with Crippen LogP contribution in [0, 0.1) is 23.2 Å². The fraction of sp³-hybridized carbons (Fsp3) is 1.00. The van der Waals surface area contributed by atoms with Crippen LogP contribution in [0.2, 0.25) is 0 Å². The van der Waals surface area contributed by atoms with E-state index in [-0.39, 0.29) is 0 Å². The van der Waals surface area contributed by atoms with Gasteiger partial charge in [-0.05, 0) is 68.1 Å². The average Bonchev–Trinajstić information content (AvgIpc) is 2.74. The molecule has 1 heterocycles. The van der Waals surface area contributed by atoms with Gasteiger partial charge in [-0.25, -0.2) is 0 Å². The van der Waals surface area contributed by atoms with Crippen LogP contribution >= 0.6 is 0 Å². The highest BCUT2D eigenvalue weighted by Crippen LogP contribution is 2.52. The third kappa shape index (κ3) is 1.85. The van der Waals surface area contributed by atoms with Crippen molar-refractivity contribution in [1.82, 2.24) is 5.32 Å².